The van der Waals surface area contributed by atoms with Crippen molar-refractivity contribution in [3.8, 4) is 28.2 Å². The van der Waals surface area contributed by atoms with Crippen LogP contribution in [0.3, 0.4) is 0 Å². The van der Waals surface area contributed by atoms with E-state index in [4.69, 9.17) is 36.5 Å². The lowest BCUT2D eigenvalue weighted by Crippen LogP contribution is -2.09. The fourth-order valence-corrected chi connectivity index (χ4v) is 6.66. The van der Waals surface area contributed by atoms with Crippen LogP contribution in [-0.2, 0) is 0 Å². The predicted molar refractivity (Wildman–Crippen MR) is 165 cm³/mol. The van der Waals surface area contributed by atoms with Crippen LogP contribution in [0.1, 0.15) is 20.7 Å². The number of carboxylic acid groups (broad SMARTS) is 2. The lowest BCUT2D eigenvalue weighted by Gasteiger charge is -2.19. The van der Waals surface area contributed by atoms with Crippen molar-refractivity contribution in [1.29, 1.82) is 0 Å². The molecule has 0 saturated heterocycles. The third kappa shape index (κ3) is 3.39. The van der Waals surface area contributed by atoms with E-state index in [9.17, 15) is 29.7 Å². The highest BCUT2D eigenvalue weighted by molar-refractivity contribution is 6.42. The predicted octanol–water partition coefficient (Wildman–Crippen LogP) is 8.77. The Morgan fingerprint density at radius 3 is 1.95 bits per heavy atom. The van der Waals surface area contributed by atoms with Gasteiger partial charge in [0, 0.05) is 34.0 Å². The van der Waals surface area contributed by atoms with Gasteiger partial charge in [0.1, 0.15) is 28.3 Å². The van der Waals surface area contributed by atoms with Crippen LogP contribution in [0.2, 0.25) is 10.0 Å². The molecule has 0 saturated carbocycles. The number of para-hydroxylation sites is 2. The summed E-state index contributed by atoms with van der Waals surface area (Å²) >= 11 is 13.2. The van der Waals surface area contributed by atoms with Crippen LogP contribution in [-0.4, -0.2) is 27.3 Å². The number of halogens is 2. The van der Waals surface area contributed by atoms with Gasteiger partial charge in [-0.1, -0.05) is 59.6 Å². The molecule has 44 heavy (non-hydrogen) atoms. The molecular weight excluding hydrogens is 611 g/mol. The number of carbonyl (C=O) groups is 2. The number of rotatable bonds is 3. The van der Waals surface area contributed by atoms with E-state index < -0.39 is 33.5 Å². The van der Waals surface area contributed by atoms with Gasteiger partial charge in [0.25, 0.3) is 0 Å². The molecule has 0 atom stereocenters. The minimum absolute atomic E-state index is 0.00948. The van der Waals surface area contributed by atoms with E-state index >= 15 is 0 Å². The summed E-state index contributed by atoms with van der Waals surface area (Å²) in [4.78, 5) is 38.3. The van der Waals surface area contributed by atoms with Gasteiger partial charge in [-0.3, -0.25) is 4.79 Å². The summed E-state index contributed by atoms with van der Waals surface area (Å²) in [5.74, 6) is -3.24. The molecule has 1 aliphatic carbocycles. The first kappa shape index (κ1) is 26.1. The number of aromatic carboxylic acids is 2. The number of carboxylic acids is 2. The van der Waals surface area contributed by atoms with Crippen LogP contribution in [0.5, 0.6) is 5.75 Å². The lowest BCUT2D eigenvalue weighted by molar-refractivity contribution is 0.0696. The molecule has 6 aromatic rings. The van der Waals surface area contributed by atoms with Gasteiger partial charge in [0.15, 0.2) is 16.6 Å². The largest absolute Gasteiger partial charge is 0.507 e. The molecule has 4 aromatic carbocycles. The second-order valence-electron chi connectivity index (χ2n) is 10.2. The van der Waals surface area contributed by atoms with Gasteiger partial charge in [-0.2, -0.15) is 0 Å². The van der Waals surface area contributed by atoms with Gasteiger partial charge in [-0.05, 0) is 18.2 Å². The Labute approximate surface area is 254 Å². The molecule has 0 spiro atoms. The van der Waals surface area contributed by atoms with Gasteiger partial charge in [-0.25, -0.2) is 9.59 Å². The van der Waals surface area contributed by atoms with E-state index in [2.05, 4.69) is 0 Å². The van der Waals surface area contributed by atoms with Gasteiger partial charge < -0.3 is 28.6 Å². The Balaban J connectivity index is 1.74. The topological polar surface area (TPSA) is 151 Å². The molecule has 0 amide bonds. The van der Waals surface area contributed by atoms with Crippen molar-refractivity contribution < 1.29 is 38.2 Å². The van der Waals surface area contributed by atoms with Gasteiger partial charge >= 0.3 is 11.9 Å². The molecule has 3 heterocycles. The van der Waals surface area contributed by atoms with Gasteiger partial charge in [0.2, 0.25) is 0 Å². The van der Waals surface area contributed by atoms with Crippen molar-refractivity contribution in [1.82, 2.24) is 0 Å². The standard InChI is InChI=1S/C33H14Cl2O9/c34-15-9-14(32(38)39)29(35)28(33(40)41)24(15)27-25-20(10-16(36)22-12-5-1-3-7-18(12)43-30(22)25)42-21-11-17(37)23-13-6-2-4-8-19(13)44-31(23)26(21)27/h1-11,36H,(H,38,39)(H,40,41). The van der Waals surface area contributed by atoms with Crippen LogP contribution >= 0.6 is 23.2 Å². The van der Waals surface area contributed by atoms with Crippen molar-refractivity contribution in [2.75, 3.05) is 0 Å². The van der Waals surface area contributed by atoms with E-state index in [1.54, 1.807) is 48.5 Å². The van der Waals surface area contributed by atoms with Crippen molar-refractivity contribution in [3.05, 3.63) is 98.1 Å². The molecule has 0 bridgehead atoms. The Bertz CT molecular complexity index is 2620. The molecule has 214 valence electrons. The first-order valence-corrected chi connectivity index (χ1v) is 13.8. The normalized spacial score (nSPS) is 12.0. The molecule has 8 rings (SSSR count). The molecular formula is C33H14Cl2O9. The zero-order valence-electron chi connectivity index (χ0n) is 21.9. The molecule has 3 N–H and O–H groups in total. The number of fused-ring (bicyclic) bond motifs is 10. The zero-order valence-corrected chi connectivity index (χ0v) is 23.4. The number of hydrogen-bond acceptors (Lipinski definition) is 7. The fraction of sp³-hybridized carbons (Fsp3) is 0. The Kier molecular flexibility index (Phi) is 5.35. The van der Waals surface area contributed by atoms with E-state index in [0.717, 1.165) is 6.07 Å². The minimum Gasteiger partial charge on any atom is -0.507 e. The summed E-state index contributed by atoms with van der Waals surface area (Å²) in [6.07, 6.45) is 0. The molecule has 0 unspecified atom stereocenters. The second-order valence-corrected chi connectivity index (χ2v) is 11.0. The third-order valence-corrected chi connectivity index (χ3v) is 8.49. The molecule has 1 aliphatic heterocycles. The molecule has 2 aromatic heterocycles. The van der Waals surface area contributed by atoms with Crippen molar-refractivity contribution in [3.63, 3.8) is 0 Å². The average molecular weight is 625 g/mol. The van der Waals surface area contributed by atoms with Crippen LogP contribution < -0.4 is 5.43 Å². The maximum Gasteiger partial charge on any atom is 0.337 e. The van der Waals surface area contributed by atoms with Gasteiger partial charge in [0.05, 0.1) is 42.9 Å². The Morgan fingerprint density at radius 2 is 1.30 bits per heavy atom. The minimum atomic E-state index is -1.56. The molecule has 2 aliphatic rings. The summed E-state index contributed by atoms with van der Waals surface area (Å²) in [5, 5.41) is 32.3. The fourth-order valence-electron chi connectivity index (χ4n) is 6.05. The van der Waals surface area contributed by atoms with Crippen LogP contribution in [0.15, 0.2) is 84.8 Å². The zero-order chi connectivity index (χ0) is 30.6. The summed E-state index contributed by atoms with van der Waals surface area (Å²) in [5.41, 5.74) is -0.400. The Hall–Kier alpha value is -5.51. The number of hydrogen-bond donors (Lipinski definition) is 3. The first-order valence-electron chi connectivity index (χ1n) is 13.0. The molecule has 0 fully saturated rings. The monoisotopic (exact) mass is 624 g/mol. The number of aromatic hydroxyl groups is 1. The Morgan fingerprint density at radius 1 is 0.659 bits per heavy atom. The maximum atomic E-state index is 13.5. The van der Waals surface area contributed by atoms with E-state index in [1.807, 2.05) is 0 Å². The number of benzene rings is 5. The average Bonchev–Trinajstić information content (AvgIpc) is 3.57. The SMILES string of the molecule is O=C(O)c1cc(Cl)c(-c2c3c4oc5ccccc5c4c(=O)cc-3oc3cc(O)c4c5ccccc5oc4c23)c(C(=O)O)c1Cl. The summed E-state index contributed by atoms with van der Waals surface area (Å²) in [7, 11) is 0. The highest BCUT2D eigenvalue weighted by Crippen LogP contribution is 2.53. The van der Waals surface area contributed by atoms with Crippen molar-refractivity contribution >= 4 is 90.0 Å². The number of phenolic OH excluding ortho intramolecular Hbond substituents is 1. The maximum absolute atomic E-state index is 13.5. The van der Waals surface area contributed by atoms with E-state index in [1.165, 1.54) is 12.1 Å². The summed E-state index contributed by atoms with van der Waals surface area (Å²) < 4.78 is 18.7. The highest BCUT2D eigenvalue weighted by atomic mass is 35.5. The van der Waals surface area contributed by atoms with Crippen molar-refractivity contribution in [2.24, 2.45) is 0 Å². The third-order valence-electron chi connectivity index (χ3n) is 7.80. The van der Waals surface area contributed by atoms with E-state index in [-0.39, 0.29) is 60.7 Å². The molecule has 11 heteroatoms. The lowest BCUT2D eigenvalue weighted by atomic mass is 9.88. The number of phenols is 1. The molecule has 9 nitrogen and oxygen atoms in total. The van der Waals surface area contributed by atoms with Crippen LogP contribution in [0.4, 0.5) is 0 Å². The first-order chi connectivity index (χ1) is 21.2. The molecule has 0 radical (unpaired) electrons. The highest BCUT2D eigenvalue weighted by Gasteiger charge is 2.34. The number of furan rings is 2. The summed E-state index contributed by atoms with van der Waals surface area (Å²) in [6, 6.07) is 17.5. The van der Waals surface area contributed by atoms with Gasteiger partial charge in [-0.15, -0.1) is 0 Å². The van der Waals surface area contributed by atoms with Crippen LogP contribution in [0, 0.1) is 0 Å². The van der Waals surface area contributed by atoms with Crippen LogP contribution in [0.25, 0.3) is 77.3 Å². The second kappa shape index (κ2) is 9.00. The quantitative estimate of drug-likeness (QED) is 0.164. The smallest absolute Gasteiger partial charge is 0.337 e. The van der Waals surface area contributed by atoms with Crippen molar-refractivity contribution in [2.45, 2.75) is 0 Å². The van der Waals surface area contributed by atoms with E-state index in [0.29, 0.717) is 27.3 Å². The summed E-state index contributed by atoms with van der Waals surface area (Å²) in [6.45, 7) is 0.